The molecule has 0 unspecified atom stereocenters. The van der Waals surface area contributed by atoms with E-state index in [4.69, 9.17) is 28.4 Å². The third-order valence-electron chi connectivity index (χ3n) is 2.97. The van der Waals surface area contributed by atoms with Crippen LogP contribution in [0.25, 0.3) is 0 Å². The fourth-order valence-electron chi connectivity index (χ4n) is 2.14. The highest BCUT2D eigenvalue weighted by Crippen LogP contribution is 2.54. The fraction of sp³-hybridized carbons (Fsp3) is 0.538. The van der Waals surface area contributed by atoms with Crippen LogP contribution in [0.2, 0.25) is 0 Å². The van der Waals surface area contributed by atoms with Crippen LogP contribution in [-0.2, 0) is 9.47 Å². The van der Waals surface area contributed by atoms with Gasteiger partial charge < -0.3 is 28.4 Å². The molecule has 0 saturated carbocycles. The Kier molecular flexibility index (Phi) is 4.95. The summed E-state index contributed by atoms with van der Waals surface area (Å²) in [4.78, 5) is 0. The van der Waals surface area contributed by atoms with Gasteiger partial charge in [-0.15, -0.1) is 0 Å². The van der Waals surface area contributed by atoms with Gasteiger partial charge >= 0.3 is 0 Å². The van der Waals surface area contributed by atoms with E-state index in [1.54, 1.807) is 14.2 Å². The van der Waals surface area contributed by atoms with E-state index in [9.17, 15) is 0 Å². The van der Waals surface area contributed by atoms with Gasteiger partial charge in [0.1, 0.15) is 0 Å². The number of hydrogen-bond acceptors (Lipinski definition) is 6. The zero-order valence-corrected chi connectivity index (χ0v) is 13.4. The van der Waals surface area contributed by atoms with E-state index in [0.29, 0.717) is 46.2 Å². The maximum atomic E-state index is 5.55. The first-order chi connectivity index (χ1) is 9.69. The molecular formula is C13H17BrO6. The Balaban J connectivity index is 2.70. The van der Waals surface area contributed by atoms with Crippen LogP contribution >= 0.6 is 15.9 Å². The Labute approximate surface area is 126 Å². The number of hydrogen-bond donors (Lipinski definition) is 0. The molecule has 1 aromatic rings. The van der Waals surface area contributed by atoms with E-state index in [-0.39, 0.29) is 0 Å². The Bertz CT molecular complexity index is 484. The van der Waals surface area contributed by atoms with E-state index in [1.807, 2.05) is 0 Å². The van der Waals surface area contributed by atoms with Crippen LogP contribution in [0.1, 0.15) is 11.9 Å². The van der Waals surface area contributed by atoms with Gasteiger partial charge in [-0.25, -0.2) is 0 Å². The molecule has 0 bridgehead atoms. The summed E-state index contributed by atoms with van der Waals surface area (Å²) < 4.78 is 33.3. The molecule has 0 radical (unpaired) electrons. The minimum Gasteiger partial charge on any atom is -0.492 e. The lowest BCUT2D eigenvalue weighted by atomic mass is 10.1. The van der Waals surface area contributed by atoms with Crippen molar-refractivity contribution in [3.05, 3.63) is 10.0 Å². The quantitative estimate of drug-likeness (QED) is 0.814. The molecule has 1 aliphatic heterocycles. The van der Waals surface area contributed by atoms with Gasteiger partial charge in [-0.1, -0.05) is 0 Å². The van der Waals surface area contributed by atoms with Crippen LogP contribution in [0.15, 0.2) is 4.47 Å². The predicted molar refractivity (Wildman–Crippen MR) is 75.0 cm³/mol. The third-order valence-corrected chi connectivity index (χ3v) is 3.76. The Morgan fingerprint density at radius 3 is 1.70 bits per heavy atom. The normalized spacial score (nSPS) is 15.2. The second-order valence-electron chi connectivity index (χ2n) is 3.93. The molecule has 0 spiro atoms. The first kappa shape index (κ1) is 15.2. The van der Waals surface area contributed by atoms with Crippen molar-refractivity contribution in [2.45, 2.75) is 6.29 Å². The second-order valence-corrected chi connectivity index (χ2v) is 4.73. The van der Waals surface area contributed by atoms with Crippen LogP contribution in [0.3, 0.4) is 0 Å². The van der Waals surface area contributed by atoms with Crippen molar-refractivity contribution in [2.75, 3.05) is 41.7 Å². The molecule has 6 nitrogen and oxygen atoms in total. The summed E-state index contributed by atoms with van der Waals surface area (Å²) in [6.07, 6.45) is -0.534. The molecule has 2 rings (SSSR count). The summed E-state index contributed by atoms with van der Waals surface area (Å²) in [6.45, 7) is 1.05. The standard InChI is InChI=1S/C13H17BrO6/c1-15-9-7(13-19-5-6-20-13)8(14)10(16-2)12(18-4)11(9)17-3/h13H,5-6H2,1-4H3. The van der Waals surface area contributed by atoms with E-state index < -0.39 is 6.29 Å². The van der Waals surface area contributed by atoms with Crippen molar-refractivity contribution >= 4 is 15.9 Å². The molecule has 1 fully saturated rings. The van der Waals surface area contributed by atoms with Crippen LogP contribution < -0.4 is 18.9 Å². The molecule has 0 aliphatic carbocycles. The van der Waals surface area contributed by atoms with Crippen molar-refractivity contribution < 1.29 is 28.4 Å². The highest BCUT2D eigenvalue weighted by Gasteiger charge is 2.33. The molecule has 0 atom stereocenters. The Morgan fingerprint density at radius 2 is 1.25 bits per heavy atom. The Hall–Kier alpha value is -1.18. The lowest BCUT2D eigenvalue weighted by molar-refractivity contribution is -0.0463. The third kappa shape index (κ3) is 2.41. The predicted octanol–water partition coefficient (Wildman–Crippen LogP) is 2.53. The maximum absolute atomic E-state index is 5.55. The van der Waals surface area contributed by atoms with Crippen molar-refractivity contribution in [3.8, 4) is 23.0 Å². The van der Waals surface area contributed by atoms with Crippen LogP contribution in [0, 0.1) is 0 Å². The zero-order valence-electron chi connectivity index (χ0n) is 11.8. The van der Waals surface area contributed by atoms with Gasteiger partial charge in [0.25, 0.3) is 0 Å². The van der Waals surface area contributed by atoms with Gasteiger partial charge in [0.2, 0.25) is 11.5 Å². The second kappa shape index (κ2) is 6.51. The number of methoxy groups -OCH3 is 4. The van der Waals surface area contributed by atoms with Gasteiger partial charge in [-0.3, -0.25) is 0 Å². The highest BCUT2D eigenvalue weighted by atomic mass is 79.9. The maximum Gasteiger partial charge on any atom is 0.208 e. The molecule has 20 heavy (non-hydrogen) atoms. The molecule has 7 heteroatoms. The van der Waals surface area contributed by atoms with Gasteiger partial charge in [0.15, 0.2) is 17.8 Å². The summed E-state index contributed by atoms with van der Waals surface area (Å²) in [5.41, 5.74) is 0.680. The molecule has 0 N–H and O–H groups in total. The van der Waals surface area contributed by atoms with E-state index >= 15 is 0 Å². The van der Waals surface area contributed by atoms with Crippen molar-refractivity contribution in [1.82, 2.24) is 0 Å². The van der Waals surface area contributed by atoms with E-state index in [1.165, 1.54) is 14.2 Å². The first-order valence-corrected chi connectivity index (χ1v) is 6.77. The molecule has 1 heterocycles. The molecule has 1 saturated heterocycles. The molecule has 0 aromatic heterocycles. The van der Waals surface area contributed by atoms with Crippen LogP contribution in [-0.4, -0.2) is 41.7 Å². The summed E-state index contributed by atoms with van der Waals surface area (Å²) in [5, 5.41) is 0. The summed E-state index contributed by atoms with van der Waals surface area (Å²) in [5.74, 6) is 1.87. The lowest BCUT2D eigenvalue weighted by Crippen LogP contribution is -2.07. The van der Waals surface area contributed by atoms with Crippen LogP contribution in [0.4, 0.5) is 0 Å². The number of benzene rings is 1. The monoisotopic (exact) mass is 348 g/mol. The fourth-order valence-corrected chi connectivity index (χ4v) is 2.85. The highest BCUT2D eigenvalue weighted by molar-refractivity contribution is 9.10. The van der Waals surface area contributed by atoms with Crippen LogP contribution in [0.5, 0.6) is 23.0 Å². The van der Waals surface area contributed by atoms with Crippen molar-refractivity contribution in [2.24, 2.45) is 0 Å². The van der Waals surface area contributed by atoms with Gasteiger partial charge in [-0.05, 0) is 15.9 Å². The Morgan fingerprint density at radius 1 is 0.800 bits per heavy atom. The number of rotatable bonds is 5. The van der Waals surface area contributed by atoms with Gasteiger partial charge in [0.05, 0.1) is 51.7 Å². The van der Waals surface area contributed by atoms with E-state index in [0.717, 1.165) is 0 Å². The summed E-state index contributed by atoms with van der Waals surface area (Å²) in [7, 11) is 6.17. The van der Waals surface area contributed by atoms with Crippen molar-refractivity contribution in [3.63, 3.8) is 0 Å². The van der Waals surface area contributed by atoms with Gasteiger partial charge in [-0.2, -0.15) is 0 Å². The average molecular weight is 349 g/mol. The van der Waals surface area contributed by atoms with Gasteiger partial charge in [0, 0.05) is 0 Å². The smallest absolute Gasteiger partial charge is 0.208 e. The first-order valence-electron chi connectivity index (χ1n) is 5.98. The minimum atomic E-state index is -0.534. The molecule has 1 aliphatic rings. The molecule has 0 amide bonds. The SMILES string of the molecule is COc1c(Br)c(C2OCCO2)c(OC)c(OC)c1OC. The van der Waals surface area contributed by atoms with Crippen molar-refractivity contribution in [1.29, 1.82) is 0 Å². The van der Waals surface area contributed by atoms with E-state index in [2.05, 4.69) is 15.9 Å². The molecular weight excluding hydrogens is 332 g/mol. The average Bonchev–Trinajstić information content (AvgIpc) is 2.99. The summed E-state index contributed by atoms with van der Waals surface area (Å²) in [6, 6.07) is 0. The topological polar surface area (TPSA) is 55.4 Å². The molecule has 1 aromatic carbocycles. The number of halogens is 1. The minimum absolute atomic E-state index is 0.434. The largest absolute Gasteiger partial charge is 0.492 e. The molecule has 112 valence electrons. The summed E-state index contributed by atoms with van der Waals surface area (Å²) >= 11 is 3.50. The number of ether oxygens (including phenoxy) is 6. The zero-order chi connectivity index (χ0) is 14.7. The lowest BCUT2D eigenvalue weighted by Gasteiger charge is -2.22.